The third kappa shape index (κ3) is 12.3. The number of ether oxygens (including phenoxy) is 4. The van der Waals surface area contributed by atoms with Gasteiger partial charge in [0.05, 0.1) is 89.1 Å². The summed E-state index contributed by atoms with van der Waals surface area (Å²) >= 11 is 26.8. The van der Waals surface area contributed by atoms with E-state index in [1.807, 2.05) is 12.5 Å². The Bertz CT molecular complexity index is 2110. The number of esters is 4. The minimum absolute atomic E-state index is 0.138. The molecular formula is C32H26N2O10S18. The molecule has 0 spiro atoms. The molecule has 6 heterocycles. The Morgan fingerprint density at radius 1 is 0.371 bits per heavy atom. The van der Waals surface area contributed by atoms with Gasteiger partial charge in [0.25, 0.3) is 11.8 Å². The van der Waals surface area contributed by atoms with E-state index in [0.717, 1.165) is 50.8 Å². The van der Waals surface area contributed by atoms with E-state index >= 15 is 0 Å². The fourth-order valence-corrected chi connectivity index (χ4v) is 30.3. The number of carbonyl (C=O) groups is 6. The van der Waals surface area contributed by atoms with E-state index in [0.29, 0.717) is 10.2 Å². The maximum atomic E-state index is 12.5. The summed E-state index contributed by atoms with van der Waals surface area (Å²) in [6.07, 6.45) is 4.03. The second-order valence-electron chi connectivity index (χ2n) is 10.6. The molecule has 0 unspecified atom stereocenters. The van der Waals surface area contributed by atoms with Crippen molar-refractivity contribution < 1.29 is 47.7 Å². The molecule has 6 aliphatic rings. The van der Waals surface area contributed by atoms with Crippen LogP contribution in [0.5, 0.6) is 0 Å². The topological polar surface area (TPSA) is 191 Å². The Kier molecular flexibility index (Phi) is 20.5. The number of hydrogen-bond acceptors (Lipinski definition) is 28. The quantitative estimate of drug-likeness (QED) is 0.0842. The number of primary amides is 2. The van der Waals surface area contributed by atoms with Crippen LogP contribution in [0.4, 0.5) is 0 Å². The standard InChI is InChI=1S/C32H26N2O10S18/c1-41-17(37)11-12(18(38)42-2)54-28(53-11)30-57-21(45-5)23(59-30)47-7-49-25-26(62-32(61-25)27-51-9(15(33)35)10(52-27)16(34)36)50-8-48-24-22(46-6)58-31(60-24)29-55-13(19(39)43-3)14(56-29)20(40)44-4/h7-8H2,1-6H3,(H2,33,35)(H2,34,36). The van der Waals surface area contributed by atoms with Gasteiger partial charge in [-0.15, -0.1) is 70.6 Å². The molecule has 6 rings (SSSR count). The van der Waals surface area contributed by atoms with Crippen molar-refractivity contribution in [2.45, 2.75) is 0 Å². The smallest absolute Gasteiger partial charge is 0.346 e. The molecule has 12 nitrogen and oxygen atoms in total. The minimum atomic E-state index is -0.704. The summed E-state index contributed by atoms with van der Waals surface area (Å²) in [5, 5.41) is 1.34. The van der Waals surface area contributed by atoms with Crippen LogP contribution in [0, 0.1) is 0 Å². The van der Waals surface area contributed by atoms with E-state index in [4.69, 9.17) is 30.4 Å². The number of nitrogens with two attached hydrogens (primary N) is 2. The maximum absolute atomic E-state index is 12.5. The highest BCUT2D eigenvalue weighted by Crippen LogP contribution is 2.68. The first-order valence-electron chi connectivity index (χ1n) is 16.1. The molecule has 332 valence electrons. The van der Waals surface area contributed by atoms with E-state index in [9.17, 15) is 28.8 Å². The number of thioether (sulfide) groups is 18. The highest BCUT2D eigenvalue weighted by molar-refractivity contribution is 8.47. The van der Waals surface area contributed by atoms with Crippen molar-refractivity contribution in [2.24, 2.45) is 11.5 Å². The van der Waals surface area contributed by atoms with Gasteiger partial charge in [0.15, 0.2) is 0 Å². The number of methoxy groups -OCH3 is 4. The molecule has 62 heavy (non-hydrogen) atoms. The molecule has 30 heteroatoms. The van der Waals surface area contributed by atoms with Gasteiger partial charge in [0.2, 0.25) is 0 Å². The predicted molar refractivity (Wildman–Crippen MR) is 288 cm³/mol. The van der Waals surface area contributed by atoms with E-state index in [1.54, 1.807) is 141 Å². The summed E-state index contributed by atoms with van der Waals surface area (Å²) in [6, 6.07) is 0. The summed E-state index contributed by atoms with van der Waals surface area (Å²) in [6.45, 7) is 0. The summed E-state index contributed by atoms with van der Waals surface area (Å²) in [7, 11) is 5.11. The van der Waals surface area contributed by atoms with Crippen molar-refractivity contribution >= 4 is 247 Å². The molecule has 2 amide bonds. The van der Waals surface area contributed by atoms with E-state index in [-0.39, 0.29) is 29.4 Å². The Labute approximate surface area is 432 Å². The Hall–Kier alpha value is 0.780. The van der Waals surface area contributed by atoms with Crippen molar-refractivity contribution in [1.82, 2.24) is 0 Å². The molecule has 0 bridgehead atoms. The SMILES string of the molecule is COC(=O)C1=C(C(=O)OC)SC(=C2SC(SC)=C(SCSC3=C(SCSC4=C(SC)SC(=C5SC(C(=O)OC)=C(C(=O)OC)S5)S4)SC(=C4SC(C(N)=O)=C(C(N)=O)S4)S3)S2)S1. The summed E-state index contributed by atoms with van der Waals surface area (Å²) in [5.74, 6) is -3.76. The van der Waals surface area contributed by atoms with Gasteiger partial charge in [-0.2, -0.15) is 0 Å². The minimum Gasteiger partial charge on any atom is -0.465 e. The molecule has 4 N–H and O–H groups in total. The molecule has 0 atom stereocenters. The molecular weight excluding hydrogens is 1150 g/mol. The van der Waals surface area contributed by atoms with Crippen LogP contribution in [0.1, 0.15) is 0 Å². The summed E-state index contributed by atoms with van der Waals surface area (Å²) < 4.78 is 31.6. The lowest BCUT2D eigenvalue weighted by molar-refractivity contribution is -0.138. The highest BCUT2D eigenvalue weighted by atomic mass is 32.3. The van der Waals surface area contributed by atoms with Crippen molar-refractivity contribution in [3.8, 4) is 0 Å². The van der Waals surface area contributed by atoms with Crippen LogP contribution in [0.2, 0.25) is 0 Å². The Morgan fingerprint density at radius 3 is 0.806 bits per heavy atom. The van der Waals surface area contributed by atoms with Gasteiger partial charge in [-0.25, -0.2) is 19.2 Å². The van der Waals surface area contributed by atoms with Crippen LogP contribution in [0.15, 0.2) is 80.3 Å². The lowest BCUT2D eigenvalue weighted by Crippen LogP contribution is -2.18. The Balaban J connectivity index is 1.15. The van der Waals surface area contributed by atoms with Crippen LogP contribution >= 0.6 is 212 Å². The van der Waals surface area contributed by atoms with Gasteiger partial charge in [0, 0.05) is 10.2 Å². The van der Waals surface area contributed by atoms with Gasteiger partial charge in [-0.05, 0) is 12.5 Å². The number of carbonyl (C=O) groups excluding carboxylic acids is 6. The van der Waals surface area contributed by atoms with Crippen LogP contribution in [-0.2, 0) is 47.7 Å². The van der Waals surface area contributed by atoms with Gasteiger partial charge in [-0.3, -0.25) is 9.59 Å². The molecule has 0 saturated carbocycles. The van der Waals surface area contributed by atoms with Crippen molar-refractivity contribution in [3.63, 3.8) is 0 Å². The third-order valence-electron chi connectivity index (χ3n) is 6.96. The van der Waals surface area contributed by atoms with Gasteiger partial charge < -0.3 is 30.4 Å². The molecule has 0 aromatic carbocycles. The lowest BCUT2D eigenvalue weighted by atomic mass is 10.4. The second kappa shape index (κ2) is 24.4. The number of amides is 2. The van der Waals surface area contributed by atoms with E-state index in [1.165, 1.54) is 99.0 Å². The molecule has 0 aliphatic carbocycles. The van der Waals surface area contributed by atoms with Gasteiger partial charge >= 0.3 is 23.9 Å². The van der Waals surface area contributed by atoms with Gasteiger partial charge in [-0.1, -0.05) is 141 Å². The van der Waals surface area contributed by atoms with Crippen LogP contribution in [0.3, 0.4) is 0 Å². The van der Waals surface area contributed by atoms with Crippen LogP contribution < -0.4 is 11.5 Å². The van der Waals surface area contributed by atoms with Gasteiger partial charge in [0.1, 0.15) is 19.6 Å². The zero-order chi connectivity index (χ0) is 44.8. The van der Waals surface area contributed by atoms with Crippen LogP contribution in [0.25, 0.3) is 0 Å². The van der Waals surface area contributed by atoms with Crippen molar-refractivity contribution in [1.29, 1.82) is 0 Å². The van der Waals surface area contributed by atoms with E-state index in [2.05, 4.69) is 0 Å². The molecule has 0 aromatic heterocycles. The lowest BCUT2D eigenvalue weighted by Gasteiger charge is -2.07. The van der Waals surface area contributed by atoms with Crippen molar-refractivity contribution in [2.75, 3.05) is 51.1 Å². The predicted octanol–water partition coefficient (Wildman–Crippen LogP) is 11.5. The average molecular weight is 1180 g/mol. The molecule has 0 radical (unpaired) electrons. The molecule has 0 aromatic rings. The first-order valence-corrected chi connectivity index (χ1v) is 32.3. The van der Waals surface area contributed by atoms with Crippen molar-refractivity contribution in [3.05, 3.63) is 80.3 Å². The maximum Gasteiger partial charge on any atom is 0.346 e. The molecule has 0 saturated heterocycles. The zero-order valence-electron chi connectivity index (χ0n) is 32.0. The van der Waals surface area contributed by atoms with Crippen LogP contribution in [-0.4, -0.2) is 86.8 Å². The Morgan fingerprint density at radius 2 is 0.581 bits per heavy atom. The molecule has 6 aliphatic heterocycles. The summed E-state index contributed by atoms with van der Waals surface area (Å²) in [5.41, 5.74) is 11.3. The van der Waals surface area contributed by atoms with E-state index < -0.39 is 35.7 Å². The average Bonchev–Trinajstić information content (AvgIpc) is 4.13. The number of hydrogen-bond donors (Lipinski definition) is 2. The first-order chi connectivity index (χ1) is 29.7. The largest absolute Gasteiger partial charge is 0.465 e. The monoisotopic (exact) mass is 1170 g/mol. The fourth-order valence-electron chi connectivity index (χ4n) is 4.32. The highest BCUT2D eigenvalue weighted by Gasteiger charge is 2.39. The number of rotatable bonds is 16. The normalized spacial score (nSPS) is 19.5. The third-order valence-corrected chi connectivity index (χ3v) is 32.8. The fraction of sp³-hybridized carbons (Fsp3) is 0.250. The summed E-state index contributed by atoms with van der Waals surface area (Å²) in [4.78, 5) is 75.6. The first kappa shape index (κ1) is 52.2. The second-order valence-corrected chi connectivity index (χ2v) is 32.2. The zero-order valence-corrected chi connectivity index (χ0v) is 46.7. The molecule has 0 fully saturated rings.